The van der Waals surface area contributed by atoms with Gasteiger partial charge >= 0.3 is 5.97 Å². The fourth-order valence-corrected chi connectivity index (χ4v) is 4.08. The van der Waals surface area contributed by atoms with Gasteiger partial charge in [0.1, 0.15) is 12.3 Å². The molecule has 0 heterocycles. The molecule has 0 aliphatic heterocycles. The highest BCUT2D eigenvalue weighted by atomic mass is 35.5. The van der Waals surface area contributed by atoms with Crippen LogP contribution in [0.15, 0.2) is 47.4 Å². The van der Waals surface area contributed by atoms with Gasteiger partial charge in [-0.3, -0.25) is 9.10 Å². The second-order valence-electron chi connectivity index (χ2n) is 5.32. The predicted octanol–water partition coefficient (Wildman–Crippen LogP) is 4.15. The van der Waals surface area contributed by atoms with Gasteiger partial charge in [-0.25, -0.2) is 8.42 Å². The van der Waals surface area contributed by atoms with Gasteiger partial charge in [0.2, 0.25) is 0 Å². The van der Waals surface area contributed by atoms with E-state index in [1.165, 1.54) is 18.2 Å². The first-order chi connectivity index (χ1) is 12.8. The molecule has 0 bridgehead atoms. The molecule has 0 aliphatic rings. The fraction of sp³-hybridized carbons (Fsp3) is 0.278. The maximum atomic E-state index is 13.1. The Morgan fingerprint density at radius 1 is 1.00 bits per heavy atom. The Labute approximate surface area is 168 Å². The zero-order valence-corrected chi connectivity index (χ0v) is 17.1. The Morgan fingerprint density at radius 3 is 2.22 bits per heavy atom. The predicted molar refractivity (Wildman–Crippen MR) is 105 cm³/mol. The average Bonchev–Trinajstić information content (AvgIpc) is 2.63. The van der Waals surface area contributed by atoms with Crippen LogP contribution in [0.5, 0.6) is 5.75 Å². The second kappa shape index (κ2) is 9.30. The van der Waals surface area contributed by atoms with Crippen molar-refractivity contribution in [3.63, 3.8) is 0 Å². The van der Waals surface area contributed by atoms with Gasteiger partial charge in [-0.15, -0.1) is 0 Å². The molecule has 0 unspecified atom stereocenters. The molecule has 6 nitrogen and oxygen atoms in total. The van der Waals surface area contributed by atoms with Gasteiger partial charge in [-0.2, -0.15) is 0 Å². The third-order valence-corrected chi connectivity index (χ3v) is 6.00. The van der Waals surface area contributed by atoms with Crippen LogP contribution in [0, 0.1) is 0 Å². The van der Waals surface area contributed by atoms with Gasteiger partial charge < -0.3 is 9.47 Å². The normalized spacial score (nSPS) is 11.1. The number of sulfonamides is 1. The molecule has 9 heteroatoms. The van der Waals surface area contributed by atoms with Gasteiger partial charge in [0.15, 0.2) is 0 Å². The van der Waals surface area contributed by atoms with E-state index in [-0.39, 0.29) is 27.2 Å². The zero-order valence-electron chi connectivity index (χ0n) is 14.8. The summed E-state index contributed by atoms with van der Waals surface area (Å²) in [7, 11) is -4.08. The Bertz CT molecular complexity index is 900. The Balaban J connectivity index is 2.47. The molecule has 146 valence electrons. The van der Waals surface area contributed by atoms with Gasteiger partial charge in [-0.1, -0.05) is 23.2 Å². The smallest absolute Gasteiger partial charge is 0.326 e. The number of ether oxygens (including phenoxy) is 2. The highest BCUT2D eigenvalue weighted by Crippen LogP contribution is 2.30. The molecule has 0 radical (unpaired) electrons. The first-order valence-corrected chi connectivity index (χ1v) is 10.4. The number of hydrogen-bond acceptors (Lipinski definition) is 5. The molecule has 0 amide bonds. The fourth-order valence-electron chi connectivity index (χ4n) is 2.28. The molecule has 0 saturated carbocycles. The van der Waals surface area contributed by atoms with Crippen molar-refractivity contribution in [1.29, 1.82) is 0 Å². The second-order valence-corrected chi connectivity index (χ2v) is 8.00. The molecule has 27 heavy (non-hydrogen) atoms. The van der Waals surface area contributed by atoms with Gasteiger partial charge in [0, 0.05) is 0 Å². The van der Waals surface area contributed by atoms with Crippen molar-refractivity contribution in [3.8, 4) is 5.75 Å². The average molecular weight is 432 g/mol. The number of benzene rings is 2. The quantitative estimate of drug-likeness (QED) is 0.586. The monoisotopic (exact) mass is 431 g/mol. The van der Waals surface area contributed by atoms with E-state index >= 15 is 0 Å². The third-order valence-electron chi connectivity index (χ3n) is 3.49. The van der Waals surface area contributed by atoms with Crippen LogP contribution in [0.25, 0.3) is 0 Å². The van der Waals surface area contributed by atoms with Crippen molar-refractivity contribution < 1.29 is 22.7 Å². The van der Waals surface area contributed by atoms with Crippen LogP contribution in [-0.2, 0) is 19.6 Å². The minimum absolute atomic E-state index is 0.0879. The topological polar surface area (TPSA) is 72.9 Å². The molecular formula is C18H19Cl2NO5S. The molecule has 0 atom stereocenters. The van der Waals surface area contributed by atoms with Crippen LogP contribution >= 0.6 is 23.2 Å². The van der Waals surface area contributed by atoms with Crippen LogP contribution in [0.4, 0.5) is 5.69 Å². The van der Waals surface area contributed by atoms with E-state index in [0.29, 0.717) is 12.4 Å². The molecular weight excluding hydrogens is 413 g/mol. The molecule has 0 N–H and O–H groups in total. The minimum atomic E-state index is -4.08. The number of hydrogen-bond donors (Lipinski definition) is 0. The Kier molecular flexibility index (Phi) is 7.35. The van der Waals surface area contributed by atoms with E-state index in [0.717, 1.165) is 4.31 Å². The van der Waals surface area contributed by atoms with E-state index in [4.69, 9.17) is 32.7 Å². The maximum absolute atomic E-state index is 13.1. The molecule has 0 fully saturated rings. The van der Waals surface area contributed by atoms with Crippen LogP contribution in [0.2, 0.25) is 10.0 Å². The van der Waals surface area contributed by atoms with E-state index in [1.54, 1.807) is 31.2 Å². The lowest BCUT2D eigenvalue weighted by atomic mass is 10.3. The number of rotatable bonds is 8. The van der Waals surface area contributed by atoms with Gasteiger partial charge in [0.25, 0.3) is 10.0 Å². The van der Waals surface area contributed by atoms with Crippen LogP contribution in [0.3, 0.4) is 0 Å². The summed E-state index contributed by atoms with van der Waals surface area (Å²) in [5.41, 5.74) is 0.289. The van der Waals surface area contributed by atoms with E-state index < -0.39 is 22.5 Å². The molecule has 0 aromatic heterocycles. The Hall–Kier alpha value is -1.96. The number of anilines is 1. The molecule has 2 aromatic rings. The summed E-state index contributed by atoms with van der Waals surface area (Å²) in [5.74, 6) is -0.0840. The standard InChI is InChI=1S/C18H19Cl2NO5S/c1-3-25-14-7-5-13(6-8-14)21(12-18(22)26-4-2)27(23,24)15-9-10-16(19)17(20)11-15/h5-11H,3-4,12H2,1-2H3. The number of esters is 1. The Morgan fingerprint density at radius 2 is 1.67 bits per heavy atom. The van der Waals surface area contributed by atoms with Crippen LogP contribution in [-0.4, -0.2) is 34.1 Å². The summed E-state index contributed by atoms with van der Waals surface area (Å²) in [6.45, 7) is 3.63. The zero-order chi connectivity index (χ0) is 20.0. The van der Waals surface area contributed by atoms with Gasteiger partial charge in [0.05, 0.1) is 33.8 Å². The number of carbonyl (C=O) groups is 1. The van der Waals surface area contributed by atoms with Crippen LogP contribution in [0.1, 0.15) is 13.8 Å². The van der Waals surface area contributed by atoms with E-state index in [1.807, 2.05) is 6.92 Å². The maximum Gasteiger partial charge on any atom is 0.326 e. The number of carbonyl (C=O) groups excluding carboxylic acids is 1. The summed E-state index contributed by atoms with van der Waals surface area (Å²) in [4.78, 5) is 11.9. The van der Waals surface area contributed by atoms with Crippen molar-refractivity contribution in [2.24, 2.45) is 0 Å². The molecule has 0 saturated heterocycles. The lowest BCUT2D eigenvalue weighted by molar-refractivity contribution is -0.141. The lowest BCUT2D eigenvalue weighted by Crippen LogP contribution is -2.36. The van der Waals surface area contributed by atoms with Crippen LogP contribution < -0.4 is 9.04 Å². The first kappa shape index (κ1) is 21.3. The molecule has 2 aromatic carbocycles. The summed E-state index contributed by atoms with van der Waals surface area (Å²) in [6, 6.07) is 10.3. The van der Waals surface area contributed by atoms with Crippen molar-refractivity contribution in [1.82, 2.24) is 0 Å². The minimum Gasteiger partial charge on any atom is -0.494 e. The van der Waals surface area contributed by atoms with Crippen molar-refractivity contribution in [3.05, 3.63) is 52.5 Å². The van der Waals surface area contributed by atoms with Gasteiger partial charge in [-0.05, 0) is 56.3 Å². The first-order valence-electron chi connectivity index (χ1n) is 8.15. The number of halogens is 2. The summed E-state index contributed by atoms with van der Waals surface area (Å²) >= 11 is 11.8. The largest absolute Gasteiger partial charge is 0.494 e. The summed E-state index contributed by atoms with van der Waals surface area (Å²) in [6.07, 6.45) is 0. The highest BCUT2D eigenvalue weighted by Gasteiger charge is 2.28. The molecule has 2 rings (SSSR count). The summed E-state index contributed by atoms with van der Waals surface area (Å²) in [5, 5.41) is 0.328. The van der Waals surface area contributed by atoms with Crippen molar-refractivity contribution in [2.75, 3.05) is 24.1 Å². The number of nitrogens with zero attached hydrogens (tertiary/aromatic N) is 1. The van der Waals surface area contributed by atoms with E-state index in [2.05, 4.69) is 0 Å². The lowest BCUT2D eigenvalue weighted by Gasteiger charge is -2.24. The SMILES string of the molecule is CCOC(=O)CN(c1ccc(OCC)cc1)S(=O)(=O)c1ccc(Cl)c(Cl)c1. The molecule has 0 aliphatic carbocycles. The highest BCUT2D eigenvalue weighted by molar-refractivity contribution is 7.92. The third kappa shape index (κ3) is 5.28. The van der Waals surface area contributed by atoms with Crippen molar-refractivity contribution >= 4 is 44.9 Å². The van der Waals surface area contributed by atoms with E-state index in [9.17, 15) is 13.2 Å². The summed E-state index contributed by atoms with van der Waals surface area (Å²) < 4.78 is 37.5. The van der Waals surface area contributed by atoms with Crippen molar-refractivity contribution in [2.45, 2.75) is 18.7 Å². The molecule has 0 spiro atoms.